The molecule has 0 aromatic carbocycles. The quantitative estimate of drug-likeness (QED) is 0.740. The minimum absolute atomic E-state index is 0.545. The number of nitrogens with zero attached hydrogens (tertiary/aromatic N) is 4. The molecule has 2 aromatic rings. The maximum absolute atomic E-state index is 10.7. The van der Waals surface area contributed by atoms with Crippen molar-refractivity contribution in [3.63, 3.8) is 0 Å². The molecule has 2 rings (SSSR count). The largest absolute Gasteiger partial charge is 0.481 e. The fraction of sp³-hybridized carbons (Fsp3) is 0.250. The molecule has 6 nitrogen and oxygen atoms in total. The van der Waals surface area contributed by atoms with Gasteiger partial charge < -0.3 is 5.11 Å². The van der Waals surface area contributed by atoms with Gasteiger partial charge in [0.15, 0.2) is 5.65 Å². The Morgan fingerprint density at radius 1 is 1.64 bits per heavy atom. The highest BCUT2D eigenvalue weighted by molar-refractivity contribution is 5.75. The Morgan fingerprint density at radius 2 is 2.43 bits per heavy atom. The summed E-state index contributed by atoms with van der Waals surface area (Å²) in [7, 11) is 0. The number of carboxylic acid groups (broad SMARTS) is 1. The van der Waals surface area contributed by atoms with Crippen molar-refractivity contribution in [3.8, 4) is 0 Å². The fourth-order valence-corrected chi connectivity index (χ4v) is 1.17. The Balaban J connectivity index is 2.48. The molecule has 0 spiro atoms. The van der Waals surface area contributed by atoms with Gasteiger partial charge in [0.05, 0.1) is 5.92 Å². The molecule has 0 fully saturated rings. The van der Waals surface area contributed by atoms with Crippen LogP contribution in [-0.4, -0.2) is 31.1 Å². The van der Waals surface area contributed by atoms with E-state index in [0.29, 0.717) is 11.2 Å². The third-order valence-electron chi connectivity index (χ3n) is 2.09. The molecule has 14 heavy (non-hydrogen) atoms. The van der Waals surface area contributed by atoms with Crippen LogP contribution >= 0.6 is 0 Å². The van der Waals surface area contributed by atoms with Crippen LogP contribution < -0.4 is 0 Å². The van der Waals surface area contributed by atoms with Gasteiger partial charge in [-0.3, -0.25) is 4.79 Å². The third kappa shape index (κ3) is 1.30. The molecular formula is C8H8N4O2. The molecule has 0 saturated carbocycles. The maximum atomic E-state index is 10.7. The van der Waals surface area contributed by atoms with Crippen LogP contribution in [0, 0.1) is 0 Å². The summed E-state index contributed by atoms with van der Waals surface area (Å²) in [5.41, 5.74) is 1.25. The first-order chi connectivity index (χ1) is 6.68. The van der Waals surface area contributed by atoms with Crippen molar-refractivity contribution < 1.29 is 9.90 Å². The zero-order chi connectivity index (χ0) is 10.1. The number of aromatic nitrogens is 4. The number of tetrazole rings is 1. The summed E-state index contributed by atoms with van der Waals surface area (Å²) >= 11 is 0. The molecule has 2 heterocycles. The molecule has 0 aliphatic carbocycles. The molecule has 0 saturated heterocycles. The Labute approximate surface area is 79.2 Å². The zero-order valence-electron chi connectivity index (χ0n) is 7.45. The zero-order valence-corrected chi connectivity index (χ0v) is 7.45. The van der Waals surface area contributed by atoms with E-state index in [-0.39, 0.29) is 0 Å². The summed E-state index contributed by atoms with van der Waals surface area (Å²) < 4.78 is 1.48. The molecule has 1 unspecified atom stereocenters. The predicted octanol–water partition coefficient (Wildman–Crippen LogP) is 0.312. The lowest BCUT2D eigenvalue weighted by atomic mass is 10.0. The normalized spacial score (nSPS) is 12.9. The van der Waals surface area contributed by atoms with Gasteiger partial charge in [0, 0.05) is 6.20 Å². The Kier molecular flexibility index (Phi) is 1.88. The maximum Gasteiger partial charge on any atom is 0.310 e. The van der Waals surface area contributed by atoms with E-state index in [1.807, 2.05) is 0 Å². The third-order valence-corrected chi connectivity index (χ3v) is 2.09. The standard InChI is InChI=1S/C8H8N4O2/c1-5(8(13)14)6-2-3-12-7(4-6)9-10-11-12/h2-5H,1H3,(H,13,14). The predicted molar refractivity (Wildman–Crippen MR) is 46.8 cm³/mol. The van der Waals surface area contributed by atoms with E-state index in [2.05, 4.69) is 15.5 Å². The van der Waals surface area contributed by atoms with Gasteiger partial charge in [-0.25, -0.2) is 4.52 Å². The van der Waals surface area contributed by atoms with Crippen LogP contribution in [0.1, 0.15) is 18.4 Å². The van der Waals surface area contributed by atoms with Crippen molar-refractivity contribution in [1.29, 1.82) is 0 Å². The second kappa shape index (κ2) is 3.06. The molecule has 0 aliphatic heterocycles. The molecule has 2 aromatic heterocycles. The minimum atomic E-state index is -0.859. The topological polar surface area (TPSA) is 80.4 Å². The molecule has 1 N–H and O–H groups in total. The van der Waals surface area contributed by atoms with Crippen molar-refractivity contribution in [2.75, 3.05) is 0 Å². The van der Waals surface area contributed by atoms with Gasteiger partial charge in [-0.1, -0.05) is 0 Å². The first-order valence-corrected chi connectivity index (χ1v) is 4.09. The molecular weight excluding hydrogens is 184 g/mol. The summed E-state index contributed by atoms with van der Waals surface area (Å²) in [4.78, 5) is 10.7. The first-order valence-electron chi connectivity index (χ1n) is 4.09. The van der Waals surface area contributed by atoms with Gasteiger partial charge in [0.25, 0.3) is 0 Å². The van der Waals surface area contributed by atoms with E-state index in [9.17, 15) is 4.79 Å². The van der Waals surface area contributed by atoms with Gasteiger partial charge in [0.2, 0.25) is 0 Å². The van der Waals surface area contributed by atoms with Crippen LogP contribution in [-0.2, 0) is 4.79 Å². The Morgan fingerprint density at radius 3 is 3.14 bits per heavy atom. The van der Waals surface area contributed by atoms with Crippen LogP contribution in [0.5, 0.6) is 0 Å². The summed E-state index contributed by atoms with van der Waals surface area (Å²) in [5, 5.41) is 19.7. The summed E-state index contributed by atoms with van der Waals surface area (Å²) in [6.07, 6.45) is 1.64. The second-order valence-electron chi connectivity index (χ2n) is 3.00. The summed E-state index contributed by atoms with van der Waals surface area (Å²) in [5.74, 6) is -1.40. The SMILES string of the molecule is CC(C(=O)O)c1ccn2nnnc2c1. The molecule has 72 valence electrons. The molecule has 0 bridgehead atoms. The molecule has 0 radical (unpaired) electrons. The average Bonchev–Trinajstić information content (AvgIpc) is 2.62. The summed E-state index contributed by atoms with van der Waals surface area (Å²) in [6, 6.07) is 3.36. The number of pyridine rings is 1. The number of fused-ring (bicyclic) bond motifs is 1. The van der Waals surface area contributed by atoms with Crippen molar-refractivity contribution in [3.05, 3.63) is 23.9 Å². The highest BCUT2D eigenvalue weighted by Gasteiger charge is 2.14. The van der Waals surface area contributed by atoms with Crippen LogP contribution in [0.2, 0.25) is 0 Å². The lowest BCUT2D eigenvalue weighted by Gasteiger charge is -2.05. The Hall–Kier alpha value is -1.98. The van der Waals surface area contributed by atoms with E-state index in [4.69, 9.17) is 5.11 Å². The van der Waals surface area contributed by atoms with Crippen LogP contribution in [0.4, 0.5) is 0 Å². The monoisotopic (exact) mass is 192 g/mol. The number of aliphatic carboxylic acids is 1. The van der Waals surface area contributed by atoms with Crippen LogP contribution in [0.3, 0.4) is 0 Å². The highest BCUT2D eigenvalue weighted by Crippen LogP contribution is 2.15. The number of carbonyl (C=O) groups is 1. The minimum Gasteiger partial charge on any atom is -0.481 e. The van der Waals surface area contributed by atoms with Crippen LogP contribution in [0.15, 0.2) is 18.3 Å². The summed E-state index contributed by atoms with van der Waals surface area (Å²) in [6.45, 7) is 1.62. The second-order valence-corrected chi connectivity index (χ2v) is 3.00. The first kappa shape index (κ1) is 8.61. The van der Waals surface area contributed by atoms with Gasteiger partial charge in [0.1, 0.15) is 0 Å². The average molecular weight is 192 g/mol. The van der Waals surface area contributed by atoms with Gasteiger partial charge in [-0.2, -0.15) is 0 Å². The molecule has 6 heteroatoms. The fourth-order valence-electron chi connectivity index (χ4n) is 1.17. The highest BCUT2D eigenvalue weighted by atomic mass is 16.4. The van der Waals surface area contributed by atoms with Gasteiger partial charge in [-0.05, 0) is 35.0 Å². The molecule has 0 aliphatic rings. The van der Waals surface area contributed by atoms with E-state index in [1.165, 1.54) is 4.52 Å². The van der Waals surface area contributed by atoms with E-state index >= 15 is 0 Å². The molecule has 0 amide bonds. The number of rotatable bonds is 2. The van der Waals surface area contributed by atoms with Crippen LogP contribution in [0.25, 0.3) is 5.65 Å². The van der Waals surface area contributed by atoms with Gasteiger partial charge >= 0.3 is 5.97 Å². The number of hydrogen-bond acceptors (Lipinski definition) is 4. The smallest absolute Gasteiger partial charge is 0.310 e. The van der Waals surface area contributed by atoms with E-state index in [1.54, 1.807) is 25.3 Å². The Bertz CT molecular complexity index is 479. The lowest BCUT2D eigenvalue weighted by molar-refractivity contribution is -0.138. The lowest BCUT2D eigenvalue weighted by Crippen LogP contribution is -2.07. The number of hydrogen-bond donors (Lipinski definition) is 1. The van der Waals surface area contributed by atoms with Crippen molar-refractivity contribution in [1.82, 2.24) is 20.0 Å². The van der Waals surface area contributed by atoms with Gasteiger partial charge in [-0.15, -0.1) is 5.10 Å². The molecule has 1 atom stereocenters. The van der Waals surface area contributed by atoms with E-state index in [0.717, 1.165) is 0 Å². The number of carboxylic acids is 1. The van der Waals surface area contributed by atoms with Crippen molar-refractivity contribution in [2.45, 2.75) is 12.8 Å². The van der Waals surface area contributed by atoms with E-state index < -0.39 is 11.9 Å². The van der Waals surface area contributed by atoms with Crippen molar-refractivity contribution in [2.24, 2.45) is 0 Å². The van der Waals surface area contributed by atoms with Crippen molar-refractivity contribution >= 4 is 11.6 Å².